The first-order valence-electron chi connectivity index (χ1n) is 10.5. The molecule has 0 radical (unpaired) electrons. The zero-order valence-electron chi connectivity index (χ0n) is 17.8. The van der Waals surface area contributed by atoms with Gasteiger partial charge in [0, 0.05) is 18.8 Å². The minimum Gasteiger partial charge on any atom is -0.326 e. The molecule has 1 saturated heterocycles. The summed E-state index contributed by atoms with van der Waals surface area (Å²) in [6, 6.07) is 13.4. The number of tetrazole rings is 2. The monoisotopic (exact) mass is 480 g/mol. The summed E-state index contributed by atoms with van der Waals surface area (Å²) in [6.45, 7) is 0.464. The molecule has 0 unspecified atom stereocenters. The molecule has 0 aliphatic carbocycles. The van der Waals surface area contributed by atoms with E-state index < -0.39 is 15.9 Å². The van der Waals surface area contributed by atoms with Crippen LogP contribution in [0.1, 0.15) is 12.8 Å². The molecule has 1 aliphatic heterocycles. The van der Waals surface area contributed by atoms with E-state index in [0.717, 1.165) is 0 Å². The lowest BCUT2D eigenvalue weighted by molar-refractivity contribution is -0.120. The van der Waals surface area contributed by atoms with E-state index in [1.54, 1.807) is 30.3 Å². The minimum absolute atomic E-state index is 0.107. The van der Waals surface area contributed by atoms with Crippen molar-refractivity contribution in [2.45, 2.75) is 17.7 Å². The Hall–Kier alpha value is -4.04. The van der Waals surface area contributed by atoms with Crippen LogP contribution in [0.25, 0.3) is 11.4 Å². The Morgan fingerprint density at radius 1 is 0.941 bits per heavy atom. The van der Waals surface area contributed by atoms with Crippen molar-refractivity contribution >= 4 is 21.6 Å². The normalized spacial score (nSPS) is 16.9. The number of hydrogen-bond acceptors (Lipinski definition) is 9. The van der Waals surface area contributed by atoms with Gasteiger partial charge < -0.3 is 5.32 Å². The van der Waals surface area contributed by atoms with Crippen LogP contribution in [0.15, 0.2) is 66.1 Å². The molecule has 34 heavy (non-hydrogen) atoms. The van der Waals surface area contributed by atoms with E-state index in [9.17, 15) is 13.2 Å². The number of aromatic nitrogens is 8. The second kappa shape index (κ2) is 9.07. The molecule has 5 rings (SSSR count). The Bertz CT molecular complexity index is 1370. The van der Waals surface area contributed by atoms with Crippen molar-refractivity contribution in [3.05, 3.63) is 61.2 Å². The first kappa shape index (κ1) is 21.8. The molecule has 0 spiro atoms. The lowest BCUT2D eigenvalue weighted by Gasteiger charge is -2.31. The first-order chi connectivity index (χ1) is 16.5. The fourth-order valence-electron chi connectivity index (χ4n) is 3.82. The molecule has 1 atom stereocenters. The Morgan fingerprint density at radius 2 is 1.65 bits per heavy atom. The molecule has 1 amide bonds. The van der Waals surface area contributed by atoms with Crippen LogP contribution in [-0.4, -0.2) is 72.1 Å². The molecule has 1 N–H and O–H groups in total. The SMILES string of the molecule is O=C(Nc1cccc(-n2cnnn2)c1)[C@@H]1CCCN(S(=O)(=O)c2ccc(-n3cnnn3)cc2)C1. The van der Waals surface area contributed by atoms with E-state index in [1.807, 2.05) is 6.07 Å². The third-order valence-corrected chi connectivity index (χ3v) is 7.45. The number of carbonyl (C=O) groups excluding carboxylic acids is 1. The van der Waals surface area contributed by atoms with E-state index in [0.29, 0.717) is 36.4 Å². The highest BCUT2D eigenvalue weighted by molar-refractivity contribution is 7.89. The summed E-state index contributed by atoms with van der Waals surface area (Å²) in [4.78, 5) is 13.1. The highest BCUT2D eigenvalue weighted by atomic mass is 32.2. The van der Waals surface area contributed by atoms with E-state index in [4.69, 9.17) is 0 Å². The largest absolute Gasteiger partial charge is 0.326 e. The Morgan fingerprint density at radius 3 is 2.32 bits per heavy atom. The van der Waals surface area contributed by atoms with Gasteiger partial charge in [0.1, 0.15) is 12.7 Å². The molecule has 0 bridgehead atoms. The van der Waals surface area contributed by atoms with Crippen LogP contribution >= 0.6 is 0 Å². The van der Waals surface area contributed by atoms with Gasteiger partial charge in [-0.25, -0.2) is 17.8 Å². The van der Waals surface area contributed by atoms with Gasteiger partial charge in [-0.05, 0) is 76.2 Å². The van der Waals surface area contributed by atoms with Crippen molar-refractivity contribution in [1.82, 2.24) is 44.7 Å². The summed E-state index contributed by atoms with van der Waals surface area (Å²) in [5, 5.41) is 24.9. The van der Waals surface area contributed by atoms with Crippen LogP contribution in [0.2, 0.25) is 0 Å². The molecule has 4 aromatic rings. The van der Waals surface area contributed by atoms with Gasteiger partial charge in [0.15, 0.2) is 0 Å². The number of nitrogens with zero attached hydrogens (tertiary/aromatic N) is 9. The van der Waals surface area contributed by atoms with Crippen LogP contribution in [0.5, 0.6) is 0 Å². The van der Waals surface area contributed by atoms with Crippen LogP contribution in [0.3, 0.4) is 0 Å². The maximum Gasteiger partial charge on any atom is 0.243 e. The van der Waals surface area contributed by atoms with Crippen molar-refractivity contribution in [1.29, 1.82) is 0 Å². The van der Waals surface area contributed by atoms with Crippen LogP contribution in [-0.2, 0) is 14.8 Å². The molecular formula is C20H20N10O3S. The molecule has 174 valence electrons. The van der Waals surface area contributed by atoms with Crippen LogP contribution < -0.4 is 5.32 Å². The third-order valence-electron chi connectivity index (χ3n) is 5.57. The number of nitrogens with one attached hydrogen (secondary N) is 1. The van der Waals surface area contributed by atoms with Crippen molar-refractivity contribution in [2.24, 2.45) is 5.92 Å². The fourth-order valence-corrected chi connectivity index (χ4v) is 5.35. The number of hydrogen-bond donors (Lipinski definition) is 1. The molecule has 2 aromatic carbocycles. The quantitative estimate of drug-likeness (QED) is 0.419. The fraction of sp³-hybridized carbons (Fsp3) is 0.250. The molecule has 0 saturated carbocycles. The maximum absolute atomic E-state index is 13.2. The van der Waals surface area contributed by atoms with Gasteiger partial charge in [0.25, 0.3) is 0 Å². The maximum atomic E-state index is 13.2. The molecule has 13 nitrogen and oxygen atoms in total. The van der Waals surface area contributed by atoms with E-state index in [-0.39, 0.29) is 17.3 Å². The minimum atomic E-state index is -3.76. The van der Waals surface area contributed by atoms with E-state index in [1.165, 1.54) is 38.5 Å². The summed E-state index contributed by atoms with van der Waals surface area (Å²) < 4.78 is 30.7. The second-order valence-corrected chi connectivity index (χ2v) is 9.68. The van der Waals surface area contributed by atoms with Gasteiger partial charge in [-0.1, -0.05) is 6.07 Å². The summed E-state index contributed by atoms with van der Waals surface area (Å²) >= 11 is 0. The Balaban J connectivity index is 1.28. The number of sulfonamides is 1. The van der Waals surface area contributed by atoms with Crippen molar-refractivity contribution in [2.75, 3.05) is 18.4 Å². The van der Waals surface area contributed by atoms with E-state index >= 15 is 0 Å². The third kappa shape index (κ3) is 4.40. The average Bonchev–Trinajstić information content (AvgIpc) is 3.59. The first-order valence-corrected chi connectivity index (χ1v) is 11.9. The van der Waals surface area contributed by atoms with Crippen LogP contribution in [0.4, 0.5) is 5.69 Å². The molecular weight excluding hydrogens is 460 g/mol. The van der Waals surface area contributed by atoms with Crippen molar-refractivity contribution in [3.63, 3.8) is 0 Å². The summed E-state index contributed by atoms with van der Waals surface area (Å²) in [5.74, 6) is -0.705. The van der Waals surface area contributed by atoms with Gasteiger partial charge in [0.05, 0.1) is 22.2 Å². The Kier molecular flexibility index (Phi) is 5.81. The predicted molar refractivity (Wildman–Crippen MR) is 118 cm³/mol. The number of anilines is 1. The van der Waals surface area contributed by atoms with Crippen LogP contribution in [0, 0.1) is 5.92 Å². The molecule has 3 heterocycles. The van der Waals surface area contributed by atoms with E-state index in [2.05, 4.69) is 36.4 Å². The van der Waals surface area contributed by atoms with Crippen molar-refractivity contribution < 1.29 is 13.2 Å². The second-order valence-electron chi connectivity index (χ2n) is 7.74. The number of carbonyl (C=O) groups is 1. The standard InChI is InChI=1S/C20H20N10O3S/c31-20(23-16-4-1-5-18(11-16)30-14-22-25-27-30)15-3-2-10-28(12-15)34(32,33)19-8-6-17(7-9-19)29-13-21-24-26-29/h1,4-9,11,13-15H,2-3,10,12H2,(H,23,31)/t15-/m1/s1. The molecule has 2 aromatic heterocycles. The zero-order chi connectivity index (χ0) is 23.5. The highest BCUT2D eigenvalue weighted by Crippen LogP contribution is 2.25. The number of benzene rings is 2. The summed E-state index contributed by atoms with van der Waals surface area (Å²) in [5.41, 5.74) is 1.92. The lowest BCUT2D eigenvalue weighted by atomic mass is 9.98. The molecule has 1 aliphatic rings. The lowest BCUT2D eigenvalue weighted by Crippen LogP contribution is -2.43. The van der Waals surface area contributed by atoms with Gasteiger partial charge >= 0.3 is 0 Å². The predicted octanol–water partition coefficient (Wildman–Crippen LogP) is 0.677. The summed E-state index contributed by atoms with van der Waals surface area (Å²) in [7, 11) is -3.76. The Labute approximate surface area is 194 Å². The topological polar surface area (TPSA) is 154 Å². The van der Waals surface area contributed by atoms with Gasteiger partial charge in [-0.2, -0.15) is 4.31 Å². The van der Waals surface area contributed by atoms with Crippen molar-refractivity contribution in [3.8, 4) is 11.4 Å². The number of amides is 1. The molecule has 1 fully saturated rings. The zero-order valence-corrected chi connectivity index (χ0v) is 18.7. The smallest absolute Gasteiger partial charge is 0.243 e. The highest BCUT2D eigenvalue weighted by Gasteiger charge is 2.33. The van der Waals surface area contributed by atoms with Gasteiger partial charge in [-0.3, -0.25) is 4.79 Å². The number of piperidine rings is 1. The summed E-state index contributed by atoms with van der Waals surface area (Å²) in [6.07, 6.45) is 4.07. The number of rotatable bonds is 6. The van der Waals surface area contributed by atoms with Gasteiger partial charge in [0.2, 0.25) is 15.9 Å². The average molecular weight is 481 g/mol. The van der Waals surface area contributed by atoms with Gasteiger partial charge in [-0.15, -0.1) is 10.2 Å². The molecule has 14 heteroatoms.